The van der Waals surface area contributed by atoms with Crippen LogP contribution in [0.5, 0.6) is 0 Å². The zero-order valence-corrected chi connectivity index (χ0v) is 14.1. The molecular formula is C16H30N2S. The van der Waals surface area contributed by atoms with Gasteiger partial charge in [-0.25, -0.2) is 4.98 Å². The van der Waals surface area contributed by atoms with Crippen molar-refractivity contribution in [3.05, 3.63) is 16.1 Å². The number of hydrogen-bond acceptors (Lipinski definition) is 3. The summed E-state index contributed by atoms with van der Waals surface area (Å²) in [6, 6.07) is 0. The molecule has 0 spiro atoms. The summed E-state index contributed by atoms with van der Waals surface area (Å²) in [5.74, 6) is 0.732. The third-order valence-corrected chi connectivity index (χ3v) is 4.21. The van der Waals surface area contributed by atoms with Crippen molar-refractivity contribution in [2.75, 3.05) is 13.1 Å². The lowest BCUT2D eigenvalue weighted by molar-refractivity contribution is 0.437. The average molecular weight is 282 g/mol. The molecule has 1 N–H and O–H groups in total. The summed E-state index contributed by atoms with van der Waals surface area (Å²) < 4.78 is 0. The van der Waals surface area contributed by atoms with Crippen LogP contribution in [0.3, 0.4) is 0 Å². The molecule has 1 atom stereocenters. The van der Waals surface area contributed by atoms with E-state index in [0.29, 0.717) is 0 Å². The number of thiazole rings is 1. The topological polar surface area (TPSA) is 24.9 Å². The van der Waals surface area contributed by atoms with E-state index in [1.54, 1.807) is 0 Å². The fraction of sp³-hybridized carbons (Fsp3) is 0.812. The maximum Gasteiger partial charge on any atom is 0.0931 e. The first-order valence-electron chi connectivity index (χ1n) is 7.63. The molecule has 19 heavy (non-hydrogen) atoms. The summed E-state index contributed by atoms with van der Waals surface area (Å²) >= 11 is 1.83. The molecule has 0 radical (unpaired) electrons. The summed E-state index contributed by atoms with van der Waals surface area (Å²) in [5, 5.41) is 7.10. The van der Waals surface area contributed by atoms with Crippen LogP contribution in [0.1, 0.15) is 64.6 Å². The second kappa shape index (κ2) is 8.01. The molecule has 0 amide bonds. The van der Waals surface area contributed by atoms with E-state index in [2.05, 4.69) is 45.3 Å². The number of nitrogens with one attached hydrogen (secondary N) is 1. The molecule has 110 valence electrons. The quantitative estimate of drug-likeness (QED) is 0.715. The number of nitrogens with zero attached hydrogens (tertiary/aromatic N) is 1. The van der Waals surface area contributed by atoms with Crippen LogP contribution in [0.4, 0.5) is 0 Å². The van der Waals surface area contributed by atoms with Crippen LogP contribution < -0.4 is 5.32 Å². The maximum atomic E-state index is 4.82. The van der Waals surface area contributed by atoms with Gasteiger partial charge in [-0.05, 0) is 31.8 Å². The molecular weight excluding hydrogens is 252 g/mol. The van der Waals surface area contributed by atoms with Gasteiger partial charge in [0.05, 0.1) is 10.7 Å². The van der Waals surface area contributed by atoms with E-state index >= 15 is 0 Å². The number of rotatable bonds is 8. The van der Waals surface area contributed by atoms with Gasteiger partial charge in [0.25, 0.3) is 0 Å². The fourth-order valence-corrected chi connectivity index (χ4v) is 3.30. The number of hydrogen-bond donors (Lipinski definition) is 1. The van der Waals surface area contributed by atoms with Crippen LogP contribution in [-0.4, -0.2) is 18.1 Å². The Morgan fingerprint density at radius 2 is 2.00 bits per heavy atom. The van der Waals surface area contributed by atoms with Crippen molar-refractivity contribution in [3.63, 3.8) is 0 Å². The first kappa shape index (κ1) is 16.6. The second-order valence-corrected chi connectivity index (χ2v) is 7.38. The highest BCUT2D eigenvalue weighted by Crippen LogP contribution is 2.25. The summed E-state index contributed by atoms with van der Waals surface area (Å²) in [5.41, 5.74) is 1.42. The molecule has 2 nitrogen and oxygen atoms in total. The molecule has 0 aromatic carbocycles. The SMILES string of the molecule is CCCNCC(CCC)Cc1nc(C(C)(C)C)cs1. The zero-order valence-electron chi connectivity index (χ0n) is 13.3. The molecule has 0 saturated heterocycles. The molecule has 0 aliphatic carbocycles. The lowest BCUT2D eigenvalue weighted by Crippen LogP contribution is -2.25. The van der Waals surface area contributed by atoms with Gasteiger partial charge in [0.15, 0.2) is 0 Å². The maximum absolute atomic E-state index is 4.82. The predicted molar refractivity (Wildman–Crippen MR) is 86.1 cm³/mol. The Bertz CT molecular complexity index is 352. The molecule has 0 aliphatic heterocycles. The number of aromatic nitrogens is 1. The van der Waals surface area contributed by atoms with Gasteiger partial charge >= 0.3 is 0 Å². The highest BCUT2D eigenvalue weighted by atomic mass is 32.1. The molecule has 0 bridgehead atoms. The van der Waals surface area contributed by atoms with Crippen LogP contribution >= 0.6 is 11.3 Å². The standard InChI is InChI=1S/C16H30N2S/c1-6-8-13(11-17-9-7-2)10-15-18-14(12-19-15)16(3,4)5/h12-13,17H,6-11H2,1-5H3. The van der Waals surface area contributed by atoms with Gasteiger partial charge in [-0.3, -0.25) is 0 Å². The van der Waals surface area contributed by atoms with E-state index in [4.69, 9.17) is 4.98 Å². The summed E-state index contributed by atoms with van der Waals surface area (Å²) in [6.07, 6.45) is 4.90. The molecule has 0 saturated carbocycles. The van der Waals surface area contributed by atoms with Gasteiger partial charge in [0.1, 0.15) is 0 Å². The minimum atomic E-state index is 0.176. The molecule has 3 heteroatoms. The van der Waals surface area contributed by atoms with Crippen molar-refractivity contribution in [1.82, 2.24) is 10.3 Å². The molecule has 1 unspecified atom stereocenters. The highest BCUT2D eigenvalue weighted by Gasteiger charge is 2.18. The Morgan fingerprint density at radius 1 is 1.26 bits per heavy atom. The van der Waals surface area contributed by atoms with E-state index in [0.717, 1.165) is 25.4 Å². The van der Waals surface area contributed by atoms with Gasteiger partial charge in [-0.2, -0.15) is 0 Å². The van der Waals surface area contributed by atoms with Crippen LogP contribution in [0.15, 0.2) is 5.38 Å². The van der Waals surface area contributed by atoms with Gasteiger partial charge in [-0.1, -0.05) is 41.0 Å². The van der Waals surface area contributed by atoms with Crippen LogP contribution in [0, 0.1) is 5.92 Å². The largest absolute Gasteiger partial charge is 0.316 e. The van der Waals surface area contributed by atoms with Crippen molar-refractivity contribution in [1.29, 1.82) is 0 Å². The monoisotopic (exact) mass is 282 g/mol. The third-order valence-electron chi connectivity index (χ3n) is 3.34. The molecule has 0 fully saturated rings. The Morgan fingerprint density at radius 3 is 2.53 bits per heavy atom. The van der Waals surface area contributed by atoms with Crippen LogP contribution in [0.25, 0.3) is 0 Å². The minimum absolute atomic E-state index is 0.176. The van der Waals surface area contributed by atoms with Crippen molar-refractivity contribution in [2.45, 2.75) is 65.7 Å². The van der Waals surface area contributed by atoms with E-state index in [1.807, 2.05) is 11.3 Å². The normalized spacial score (nSPS) is 13.7. The molecule has 1 rings (SSSR count). The lowest BCUT2D eigenvalue weighted by atomic mass is 9.93. The Hall–Kier alpha value is -0.410. The van der Waals surface area contributed by atoms with Gasteiger partial charge in [0.2, 0.25) is 0 Å². The van der Waals surface area contributed by atoms with Crippen molar-refractivity contribution in [3.8, 4) is 0 Å². The molecule has 1 heterocycles. The lowest BCUT2D eigenvalue weighted by Gasteiger charge is -2.16. The molecule has 1 aromatic heterocycles. The first-order chi connectivity index (χ1) is 8.97. The van der Waals surface area contributed by atoms with Gasteiger partial charge in [-0.15, -0.1) is 11.3 Å². The van der Waals surface area contributed by atoms with Crippen LogP contribution in [-0.2, 0) is 11.8 Å². The first-order valence-corrected chi connectivity index (χ1v) is 8.50. The van der Waals surface area contributed by atoms with Gasteiger partial charge in [0, 0.05) is 17.2 Å². The van der Waals surface area contributed by atoms with Crippen molar-refractivity contribution >= 4 is 11.3 Å². The third kappa shape index (κ3) is 6.05. The van der Waals surface area contributed by atoms with E-state index in [1.165, 1.54) is 30.0 Å². The molecule has 1 aromatic rings. The Balaban J connectivity index is 2.55. The van der Waals surface area contributed by atoms with Crippen molar-refractivity contribution in [2.24, 2.45) is 5.92 Å². The minimum Gasteiger partial charge on any atom is -0.316 e. The van der Waals surface area contributed by atoms with E-state index in [-0.39, 0.29) is 5.41 Å². The summed E-state index contributed by atoms with van der Waals surface area (Å²) in [6.45, 7) is 13.5. The summed E-state index contributed by atoms with van der Waals surface area (Å²) in [7, 11) is 0. The smallest absolute Gasteiger partial charge is 0.0931 e. The van der Waals surface area contributed by atoms with Gasteiger partial charge < -0.3 is 5.32 Å². The van der Waals surface area contributed by atoms with E-state index in [9.17, 15) is 0 Å². The second-order valence-electron chi connectivity index (χ2n) is 6.44. The zero-order chi connectivity index (χ0) is 14.3. The summed E-state index contributed by atoms with van der Waals surface area (Å²) in [4.78, 5) is 4.82. The average Bonchev–Trinajstić information content (AvgIpc) is 2.78. The molecule has 0 aliphatic rings. The predicted octanol–water partition coefficient (Wildman–Crippen LogP) is 4.40. The Labute approximate surface area is 123 Å². The van der Waals surface area contributed by atoms with Crippen molar-refractivity contribution < 1.29 is 0 Å². The van der Waals surface area contributed by atoms with E-state index < -0.39 is 0 Å². The fourth-order valence-electron chi connectivity index (χ4n) is 2.16. The van der Waals surface area contributed by atoms with Crippen LogP contribution in [0.2, 0.25) is 0 Å². The highest BCUT2D eigenvalue weighted by molar-refractivity contribution is 7.09. The Kier molecular flexibility index (Phi) is 7.01.